The molecule has 0 radical (unpaired) electrons. The zero-order valence-electron chi connectivity index (χ0n) is 13.4. The number of aromatic nitrogens is 4. The van der Waals surface area contributed by atoms with Gasteiger partial charge in [0.15, 0.2) is 5.82 Å². The van der Waals surface area contributed by atoms with Gasteiger partial charge in [-0.25, -0.2) is 14.8 Å². The molecule has 23 heavy (non-hydrogen) atoms. The van der Waals surface area contributed by atoms with Crippen molar-refractivity contribution in [2.75, 3.05) is 13.3 Å². The largest absolute Gasteiger partial charge is 1.00 e. The summed E-state index contributed by atoms with van der Waals surface area (Å²) in [5.41, 5.74) is -0.164. The Kier molecular flexibility index (Phi) is 7.16. The first kappa shape index (κ1) is 19.6. The predicted molar refractivity (Wildman–Crippen MR) is 88.6 cm³/mol. The summed E-state index contributed by atoms with van der Waals surface area (Å²) in [5, 5.41) is 12.9. The minimum absolute atomic E-state index is 0. The van der Waals surface area contributed by atoms with Crippen LogP contribution in [0, 0.1) is 0 Å². The van der Waals surface area contributed by atoms with Gasteiger partial charge in [-0.2, -0.15) is 0 Å². The number of nitrogens with zero attached hydrogens (tertiary/aromatic N) is 4. The van der Waals surface area contributed by atoms with Crippen molar-refractivity contribution in [3.05, 3.63) is 47.1 Å². The van der Waals surface area contributed by atoms with Crippen molar-refractivity contribution in [2.24, 2.45) is 14.1 Å². The molecule has 0 unspecified atom stereocenters. The average molecular weight is 515 g/mol. The van der Waals surface area contributed by atoms with Crippen LogP contribution >= 0.6 is 7.92 Å². The van der Waals surface area contributed by atoms with E-state index in [0.717, 1.165) is 4.57 Å². The Morgan fingerprint density at radius 3 is 2.17 bits per heavy atom. The summed E-state index contributed by atoms with van der Waals surface area (Å²) in [6.07, 6.45) is 1.27. The third kappa shape index (κ3) is 4.30. The van der Waals surface area contributed by atoms with Gasteiger partial charge in [-0.3, -0.25) is 4.57 Å². The molecule has 3 rings (SSSR count). The second-order valence-corrected chi connectivity index (χ2v) is 7.70. The van der Waals surface area contributed by atoms with Crippen molar-refractivity contribution < 1.29 is 27.5 Å². The van der Waals surface area contributed by atoms with E-state index < -0.39 is 11.6 Å². The molecular weight excluding hydrogens is 496 g/mol. The first-order valence-electron chi connectivity index (χ1n) is 6.82. The van der Waals surface area contributed by atoms with Crippen LogP contribution in [0.25, 0.3) is 11.5 Å². The van der Waals surface area contributed by atoms with E-state index in [4.69, 9.17) is 0 Å². The van der Waals surface area contributed by atoms with Gasteiger partial charge in [-0.1, -0.05) is 18.2 Å². The molecular formula is C15H19AuN4O2P+. The van der Waals surface area contributed by atoms with Crippen molar-refractivity contribution in [3.63, 3.8) is 0 Å². The summed E-state index contributed by atoms with van der Waals surface area (Å²) in [6, 6.07) is 10.7. The summed E-state index contributed by atoms with van der Waals surface area (Å²) in [5.74, 6) is -0.0799. The topological polar surface area (TPSA) is 75.8 Å². The number of fused-ring (bicyclic) bond motifs is 1. The summed E-state index contributed by atoms with van der Waals surface area (Å²) in [6.45, 7) is 4.61. The molecule has 0 saturated carbocycles. The van der Waals surface area contributed by atoms with E-state index in [0.29, 0.717) is 5.82 Å². The van der Waals surface area contributed by atoms with Gasteiger partial charge in [0.05, 0.1) is 18.6 Å². The van der Waals surface area contributed by atoms with Gasteiger partial charge in [0, 0.05) is 22.0 Å². The van der Waals surface area contributed by atoms with Crippen LogP contribution < -0.4 is 16.1 Å². The van der Waals surface area contributed by atoms with Crippen molar-refractivity contribution in [1.82, 2.24) is 19.1 Å². The molecule has 0 saturated heterocycles. The SMILES string of the molecule is C[PH+](C)c1ccccc1.Cn1c2ncnc-2c([O-])n(C)c1=O.[Au+]. The first-order chi connectivity index (χ1) is 10.4. The van der Waals surface area contributed by atoms with Crippen LogP contribution in [-0.2, 0) is 36.5 Å². The maximum Gasteiger partial charge on any atom is 1.00 e. The normalized spacial score (nSPS) is 10.1. The fraction of sp³-hybridized carbons (Fsp3) is 0.267. The summed E-state index contributed by atoms with van der Waals surface area (Å²) in [7, 11) is 2.76. The maximum atomic E-state index is 11.4. The van der Waals surface area contributed by atoms with Crippen LogP contribution in [0.4, 0.5) is 0 Å². The first-order valence-corrected chi connectivity index (χ1v) is 9.32. The van der Waals surface area contributed by atoms with Crippen LogP contribution in [0.5, 0.6) is 5.88 Å². The Hall–Kier alpha value is -1.46. The molecule has 0 fully saturated rings. The summed E-state index contributed by atoms with van der Waals surface area (Å²) < 4.78 is 2.31. The fourth-order valence-corrected chi connectivity index (χ4v) is 2.85. The average Bonchev–Trinajstić information content (AvgIpc) is 3.02. The molecule has 2 aliphatic rings. The van der Waals surface area contributed by atoms with Crippen LogP contribution in [-0.4, -0.2) is 32.4 Å². The minimum Gasteiger partial charge on any atom is -0.858 e. The maximum absolute atomic E-state index is 11.4. The molecule has 8 heteroatoms. The van der Waals surface area contributed by atoms with Gasteiger partial charge >= 0.3 is 28.1 Å². The number of hydrogen-bond acceptors (Lipinski definition) is 4. The van der Waals surface area contributed by atoms with E-state index in [-0.39, 0.29) is 36.0 Å². The molecule has 6 nitrogen and oxygen atoms in total. The van der Waals surface area contributed by atoms with E-state index in [1.165, 1.54) is 23.2 Å². The van der Waals surface area contributed by atoms with Crippen molar-refractivity contribution >= 4 is 13.2 Å². The fourth-order valence-electron chi connectivity index (χ4n) is 1.99. The zero-order chi connectivity index (χ0) is 16.3. The molecule has 1 aromatic rings. The molecule has 0 bridgehead atoms. The third-order valence-electron chi connectivity index (χ3n) is 3.33. The van der Waals surface area contributed by atoms with Gasteiger partial charge in [-0.15, -0.1) is 0 Å². The zero-order valence-corrected chi connectivity index (χ0v) is 16.5. The summed E-state index contributed by atoms with van der Waals surface area (Å²) >= 11 is 0. The van der Waals surface area contributed by atoms with Crippen molar-refractivity contribution in [1.29, 1.82) is 0 Å². The molecule has 1 aromatic carbocycles. The van der Waals surface area contributed by atoms with Gasteiger partial charge in [-0.05, 0) is 18.0 Å². The van der Waals surface area contributed by atoms with Crippen molar-refractivity contribution in [2.45, 2.75) is 0 Å². The second kappa shape index (κ2) is 8.41. The van der Waals surface area contributed by atoms with E-state index in [1.54, 1.807) is 7.05 Å². The Balaban J connectivity index is 0.000000235. The smallest absolute Gasteiger partial charge is 0.858 e. The Morgan fingerprint density at radius 2 is 1.65 bits per heavy atom. The molecule has 0 aliphatic carbocycles. The van der Waals surface area contributed by atoms with Gasteiger partial charge < -0.3 is 9.67 Å². The van der Waals surface area contributed by atoms with Gasteiger partial charge in [0.2, 0.25) is 0 Å². The van der Waals surface area contributed by atoms with Gasteiger partial charge in [0.25, 0.3) is 0 Å². The molecule has 126 valence electrons. The van der Waals surface area contributed by atoms with Crippen LogP contribution in [0.2, 0.25) is 0 Å². The van der Waals surface area contributed by atoms with E-state index in [1.807, 2.05) is 0 Å². The van der Waals surface area contributed by atoms with Crippen LogP contribution in [0.1, 0.15) is 0 Å². The molecule has 0 spiro atoms. The quantitative estimate of drug-likeness (QED) is 0.349. The Morgan fingerprint density at radius 1 is 1.04 bits per heavy atom. The number of rotatable bonds is 1. The van der Waals surface area contributed by atoms with E-state index in [2.05, 4.69) is 53.6 Å². The van der Waals surface area contributed by atoms with Crippen LogP contribution in [0.3, 0.4) is 0 Å². The molecule has 0 amide bonds. The second-order valence-electron chi connectivity index (χ2n) is 5.12. The van der Waals surface area contributed by atoms with E-state index in [9.17, 15) is 9.90 Å². The molecule has 0 atom stereocenters. The predicted octanol–water partition coefficient (Wildman–Crippen LogP) is 0.475. The Labute approximate surface area is 151 Å². The van der Waals surface area contributed by atoms with Gasteiger partial charge in [0.1, 0.15) is 12.0 Å². The standard InChI is InChI=1S/C8H11P.C7H8N4O2.Au/c1-9(2)8-6-4-3-5-7-8;1-10-5-4(8-3-9-5)6(12)11(2)7(10)13;/h3-7H,1-2H3;3,12H,1-2H3;/q;;+1. The summed E-state index contributed by atoms with van der Waals surface area (Å²) in [4.78, 5) is 19.0. The Bertz CT molecular complexity index is 786. The number of imidazole rings is 1. The van der Waals surface area contributed by atoms with E-state index >= 15 is 0 Å². The van der Waals surface area contributed by atoms with Crippen LogP contribution in [0.15, 0.2) is 41.5 Å². The number of benzene rings is 1. The molecule has 0 aromatic heterocycles. The third-order valence-corrected chi connectivity index (χ3v) is 4.82. The number of hydrogen-bond donors (Lipinski definition) is 0. The molecule has 2 heterocycles. The minimum atomic E-state index is -0.407. The van der Waals surface area contributed by atoms with Crippen molar-refractivity contribution in [3.8, 4) is 17.4 Å². The monoisotopic (exact) mass is 515 g/mol. The molecule has 2 aliphatic heterocycles. The molecule has 0 N–H and O–H groups in total.